The number of aliphatic carboxylic acids is 1. The zero-order valence-corrected chi connectivity index (χ0v) is 16.4. The highest BCUT2D eigenvalue weighted by atomic mass is 35.5. The summed E-state index contributed by atoms with van der Waals surface area (Å²) in [4.78, 5) is 22.4. The molecular weight excluding hydrogens is 420 g/mol. The Balaban J connectivity index is 1.93. The highest BCUT2D eigenvalue weighted by Crippen LogP contribution is 2.47. The summed E-state index contributed by atoms with van der Waals surface area (Å²) in [6, 6.07) is 13.9. The van der Waals surface area contributed by atoms with Crippen LogP contribution < -0.4 is 9.47 Å². The third-order valence-electron chi connectivity index (χ3n) is 3.80. The minimum Gasteiger partial charge on any atom is -0.504 e. The van der Waals surface area contributed by atoms with Gasteiger partial charge in [0.05, 0.1) is 4.88 Å². The van der Waals surface area contributed by atoms with Crippen LogP contribution in [0.5, 0.6) is 17.2 Å². The normalized spacial score (nSPS) is 10.5. The average Bonchev–Trinajstić information content (AvgIpc) is 3.03. The number of hydrogen-bond acceptors (Lipinski definition) is 6. The van der Waals surface area contributed by atoms with Gasteiger partial charge in [-0.15, -0.1) is 11.3 Å². The summed E-state index contributed by atoms with van der Waals surface area (Å²) in [6.45, 7) is -0.499. The minimum atomic E-state index is -1.29. The lowest BCUT2D eigenvalue weighted by molar-refractivity contribution is -0.139. The zero-order chi connectivity index (χ0) is 21.0. The van der Waals surface area contributed by atoms with Crippen molar-refractivity contribution in [1.82, 2.24) is 0 Å². The molecule has 0 fully saturated rings. The van der Waals surface area contributed by atoms with Crippen LogP contribution in [-0.4, -0.2) is 33.9 Å². The van der Waals surface area contributed by atoms with Gasteiger partial charge < -0.3 is 24.8 Å². The van der Waals surface area contributed by atoms with Crippen molar-refractivity contribution in [2.45, 2.75) is 6.61 Å². The van der Waals surface area contributed by atoms with Crippen LogP contribution >= 0.6 is 22.9 Å². The Morgan fingerprint density at radius 1 is 1.03 bits per heavy atom. The highest BCUT2D eigenvalue weighted by Gasteiger charge is 2.25. The molecule has 0 saturated carbocycles. The summed E-state index contributed by atoms with van der Waals surface area (Å²) >= 11 is 7.12. The van der Waals surface area contributed by atoms with Crippen LogP contribution in [0, 0.1) is 0 Å². The van der Waals surface area contributed by atoms with Gasteiger partial charge in [-0.3, -0.25) is 0 Å². The standard InChI is InChI=1S/C20H15ClO7S/c21-16-17(28-10-15(23)24)19(20(25)26)29-18(16)12-6-7-13(22)14(8-12)27-9-11-4-2-1-3-5-11/h1-8,22H,9-10H2,(H,23,24)(H,25,26). The van der Waals surface area contributed by atoms with Crippen LogP contribution in [0.4, 0.5) is 0 Å². The number of carboxylic acid groups (broad SMARTS) is 2. The van der Waals surface area contributed by atoms with Crippen molar-refractivity contribution in [2.75, 3.05) is 6.61 Å². The highest BCUT2D eigenvalue weighted by molar-refractivity contribution is 7.18. The number of aromatic carboxylic acids is 1. The third kappa shape index (κ3) is 4.79. The van der Waals surface area contributed by atoms with Gasteiger partial charge in [-0.2, -0.15) is 0 Å². The van der Waals surface area contributed by atoms with Crippen molar-refractivity contribution >= 4 is 34.9 Å². The van der Waals surface area contributed by atoms with Gasteiger partial charge in [0.15, 0.2) is 28.7 Å². The van der Waals surface area contributed by atoms with E-state index in [4.69, 9.17) is 26.2 Å². The quantitative estimate of drug-likeness (QED) is 0.477. The molecule has 0 radical (unpaired) electrons. The van der Waals surface area contributed by atoms with Crippen LogP contribution in [0.25, 0.3) is 10.4 Å². The number of phenolic OH excluding ortho intramolecular Hbond substituents is 1. The molecule has 0 bridgehead atoms. The molecule has 0 aliphatic rings. The molecule has 3 N–H and O–H groups in total. The summed E-state index contributed by atoms with van der Waals surface area (Å²) in [7, 11) is 0. The monoisotopic (exact) mass is 434 g/mol. The predicted octanol–water partition coefficient (Wildman–Crippen LogP) is 4.51. The Morgan fingerprint density at radius 3 is 2.41 bits per heavy atom. The molecule has 2 aromatic carbocycles. The van der Waals surface area contributed by atoms with Gasteiger partial charge in [0.1, 0.15) is 11.6 Å². The maximum Gasteiger partial charge on any atom is 0.349 e. The number of carbonyl (C=O) groups is 2. The van der Waals surface area contributed by atoms with Crippen LogP contribution in [0.3, 0.4) is 0 Å². The molecule has 0 atom stereocenters. The number of rotatable bonds is 8. The Bertz CT molecular complexity index is 1050. The second kappa shape index (κ2) is 8.85. The van der Waals surface area contributed by atoms with Gasteiger partial charge in [0.2, 0.25) is 0 Å². The fourth-order valence-corrected chi connectivity index (χ4v) is 3.89. The number of phenols is 1. The van der Waals surface area contributed by atoms with Gasteiger partial charge in [-0.1, -0.05) is 41.9 Å². The smallest absolute Gasteiger partial charge is 0.349 e. The lowest BCUT2D eigenvalue weighted by Crippen LogP contribution is -2.10. The van der Waals surface area contributed by atoms with E-state index >= 15 is 0 Å². The number of carboxylic acids is 2. The first-order chi connectivity index (χ1) is 13.9. The summed E-state index contributed by atoms with van der Waals surface area (Å²) in [5.74, 6) is -2.64. The Hall–Kier alpha value is -3.23. The molecule has 3 aromatic rings. The third-order valence-corrected chi connectivity index (χ3v) is 5.48. The van der Waals surface area contributed by atoms with Crippen LogP contribution in [0.1, 0.15) is 15.2 Å². The molecule has 1 aromatic heterocycles. The molecule has 0 aliphatic heterocycles. The number of thiophene rings is 1. The fourth-order valence-electron chi connectivity index (χ4n) is 2.49. The first kappa shape index (κ1) is 20.5. The predicted molar refractivity (Wildman–Crippen MR) is 107 cm³/mol. The molecule has 1 heterocycles. The van der Waals surface area contributed by atoms with Gasteiger partial charge in [0.25, 0.3) is 0 Å². The van der Waals surface area contributed by atoms with E-state index in [1.54, 1.807) is 6.07 Å². The number of ether oxygens (including phenoxy) is 2. The van der Waals surface area contributed by atoms with E-state index in [0.29, 0.717) is 10.4 Å². The second-order valence-electron chi connectivity index (χ2n) is 5.85. The van der Waals surface area contributed by atoms with E-state index in [1.807, 2.05) is 30.3 Å². The molecule has 150 valence electrons. The summed E-state index contributed by atoms with van der Waals surface area (Å²) in [5, 5.41) is 28.2. The largest absolute Gasteiger partial charge is 0.504 e. The maximum atomic E-state index is 11.5. The van der Waals surface area contributed by atoms with Crippen molar-refractivity contribution in [3.05, 3.63) is 64.0 Å². The van der Waals surface area contributed by atoms with Crippen molar-refractivity contribution < 1.29 is 34.4 Å². The zero-order valence-electron chi connectivity index (χ0n) is 14.8. The number of hydrogen-bond donors (Lipinski definition) is 3. The van der Waals surface area contributed by atoms with E-state index in [0.717, 1.165) is 16.9 Å². The molecule has 0 saturated heterocycles. The molecule has 7 nitrogen and oxygen atoms in total. The van der Waals surface area contributed by atoms with E-state index in [2.05, 4.69) is 0 Å². The second-order valence-corrected chi connectivity index (χ2v) is 7.25. The summed E-state index contributed by atoms with van der Waals surface area (Å²) in [6.07, 6.45) is 0. The van der Waals surface area contributed by atoms with Crippen molar-refractivity contribution in [3.63, 3.8) is 0 Å². The van der Waals surface area contributed by atoms with Crippen LogP contribution in [0.15, 0.2) is 48.5 Å². The van der Waals surface area contributed by atoms with Crippen LogP contribution in [0.2, 0.25) is 5.02 Å². The van der Waals surface area contributed by atoms with Gasteiger partial charge in [0, 0.05) is 0 Å². The number of halogens is 1. The first-order valence-corrected chi connectivity index (χ1v) is 9.46. The summed E-state index contributed by atoms with van der Waals surface area (Å²) < 4.78 is 10.7. The molecule has 29 heavy (non-hydrogen) atoms. The van der Waals surface area contributed by atoms with Crippen molar-refractivity contribution in [1.29, 1.82) is 0 Å². The topological polar surface area (TPSA) is 113 Å². The molecule has 0 amide bonds. The Kier molecular flexibility index (Phi) is 6.26. The van der Waals surface area contributed by atoms with E-state index in [9.17, 15) is 19.8 Å². The molecule has 0 spiro atoms. The van der Waals surface area contributed by atoms with Gasteiger partial charge in [-0.25, -0.2) is 9.59 Å². The van der Waals surface area contributed by atoms with Crippen molar-refractivity contribution in [2.24, 2.45) is 0 Å². The van der Waals surface area contributed by atoms with Crippen LogP contribution in [-0.2, 0) is 11.4 Å². The van der Waals surface area contributed by atoms with E-state index < -0.39 is 18.5 Å². The average molecular weight is 435 g/mol. The minimum absolute atomic E-state index is 0.0200. The molecule has 3 rings (SSSR count). The lowest BCUT2D eigenvalue weighted by Gasteiger charge is -2.10. The fraction of sp³-hybridized carbons (Fsp3) is 0.100. The summed E-state index contributed by atoms with van der Waals surface area (Å²) in [5.41, 5.74) is 1.40. The van der Waals surface area contributed by atoms with Crippen molar-refractivity contribution in [3.8, 4) is 27.7 Å². The maximum absolute atomic E-state index is 11.5. The van der Waals surface area contributed by atoms with Gasteiger partial charge >= 0.3 is 11.9 Å². The van der Waals surface area contributed by atoms with E-state index in [-0.39, 0.29) is 33.8 Å². The van der Waals surface area contributed by atoms with Gasteiger partial charge in [-0.05, 0) is 29.3 Å². The molecule has 0 aliphatic carbocycles. The molecule has 9 heteroatoms. The lowest BCUT2D eigenvalue weighted by atomic mass is 10.1. The Labute approximate surface area is 174 Å². The molecular formula is C20H15ClO7S. The van der Waals surface area contributed by atoms with E-state index in [1.165, 1.54) is 12.1 Å². The SMILES string of the molecule is O=C(O)COc1c(C(=O)O)sc(-c2ccc(O)c(OCc3ccccc3)c2)c1Cl. The number of benzene rings is 2. The number of aromatic hydroxyl groups is 1. The first-order valence-electron chi connectivity index (χ1n) is 8.27. The Morgan fingerprint density at radius 2 is 1.76 bits per heavy atom. The molecule has 0 unspecified atom stereocenters.